The number of rotatable bonds is 4. The van der Waals surface area contributed by atoms with E-state index in [4.69, 9.17) is 9.47 Å². The second-order valence-electron chi connectivity index (χ2n) is 5.17. The third-order valence-corrected chi connectivity index (χ3v) is 3.48. The van der Waals surface area contributed by atoms with Crippen molar-refractivity contribution in [1.29, 1.82) is 0 Å². The van der Waals surface area contributed by atoms with Crippen molar-refractivity contribution < 1.29 is 14.3 Å². The van der Waals surface area contributed by atoms with Gasteiger partial charge in [0.1, 0.15) is 0 Å². The van der Waals surface area contributed by atoms with E-state index in [2.05, 4.69) is 17.6 Å². The Bertz CT molecular complexity index is 258. The summed E-state index contributed by atoms with van der Waals surface area (Å²) in [5, 5.41) is 6.32. The van der Waals surface area contributed by atoms with Crippen LogP contribution in [0.25, 0.3) is 0 Å². The molecule has 0 aromatic rings. The Hall–Kier alpha value is -0.650. The van der Waals surface area contributed by atoms with Crippen LogP contribution in [0.5, 0.6) is 0 Å². The third kappa shape index (κ3) is 3.94. The highest BCUT2D eigenvalue weighted by atomic mass is 16.5. The summed E-state index contributed by atoms with van der Waals surface area (Å²) in [6.07, 6.45) is 2.82. The van der Waals surface area contributed by atoms with Gasteiger partial charge in [-0.25, -0.2) is 0 Å². The average Bonchev–Trinajstić information content (AvgIpc) is 2.76. The van der Waals surface area contributed by atoms with Gasteiger partial charge in [0.2, 0.25) is 5.91 Å². The molecule has 0 aromatic carbocycles. The van der Waals surface area contributed by atoms with Crippen LogP contribution in [0.2, 0.25) is 0 Å². The first-order chi connectivity index (χ1) is 8.18. The molecule has 0 aliphatic carbocycles. The van der Waals surface area contributed by atoms with E-state index in [1.807, 2.05) is 0 Å². The predicted molar refractivity (Wildman–Crippen MR) is 63.8 cm³/mol. The van der Waals surface area contributed by atoms with E-state index in [0.29, 0.717) is 13.2 Å². The highest BCUT2D eigenvalue weighted by molar-refractivity contribution is 5.78. The van der Waals surface area contributed by atoms with Crippen LogP contribution in [0.3, 0.4) is 0 Å². The number of hydrogen-bond acceptors (Lipinski definition) is 4. The zero-order valence-corrected chi connectivity index (χ0v) is 10.5. The first-order valence-corrected chi connectivity index (χ1v) is 6.38. The first kappa shape index (κ1) is 12.8. The second kappa shape index (κ2) is 5.80. The molecule has 1 unspecified atom stereocenters. The SMILES string of the molecule is CC1(NCC(=O)NC2CCOCC2)CCOC1. The molecule has 2 aliphatic heterocycles. The van der Waals surface area contributed by atoms with Gasteiger partial charge in [0.25, 0.3) is 0 Å². The van der Waals surface area contributed by atoms with Gasteiger partial charge in [-0.1, -0.05) is 0 Å². The Morgan fingerprint density at radius 3 is 2.71 bits per heavy atom. The summed E-state index contributed by atoms with van der Waals surface area (Å²) in [5.74, 6) is 0.0741. The lowest BCUT2D eigenvalue weighted by molar-refractivity contribution is -0.121. The monoisotopic (exact) mass is 242 g/mol. The van der Waals surface area contributed by atoms with Gasteiger partial charge in [-0.15, -0.1) is 0 Å². The number of hydrogen-bond donors (Lipinski definition) is 2. The van der Waals surface area contributed by atoms with Crippen LogP contribution in [0, 0.1) is 0 Å². The molecule has 5 heteroatoms. The minimum Gasteiger partial charge on any atom is -0.381 e. The molecule has 0 bridgehead atoms. The smallest absolute Gasteiger partial charge is 0.234 e. The fourth-order valence-corrected chi connectivity index (χ4v) is 2.22. The number of amides is 1. The van der Waals surface area contributed by atoms with Crippen LogP contribution < -0.4 is 10.6 Å². The summed E-state index contributed by atoms with van der Waals surface area (Å²) in [6.45, 7) is 5.45. The molecule has 0 radical (unpaired) electrons. The molecular formula is C12H22N2O3. The van der Waals surface area contributed by atoms with Gasteiger partial charge in [0.15, 0.2) is 0 Å². The van der Waals surface area contributed by atoms with Crippen molar-refractivity contribution in [3.05, 3.63) is 0 Å². The molecule has 0 aromatic heterocycles. The Kier molecular flexibility index (Phi) is 4.36. The Morgan fingerprint density at radius 2 is 2.06 bits per heavy atom. The average molecular weight is 242 g/mol. The summed E-state index contributed by atoms with van der Waals surface area (Å²) < 4.78 is 10.6. The first-order valence-electron chi connectivity index (χ1n) is 6.38. The molecule has 2 aliphatic rings. The van der Waals surface area contributed by atoms with Gasteiger partial charge >= 0.3 is 0 Å². The number of carbonyl (C=O) groups is 1. The molecule has 1 atom stereocenters. The van der Waals surface area contributed by atoms with Crippen LogP contribution in [-0.4, -0.2) is 50.5 Å². The fraction of sp³-hybridized carbons (Fsp3) is 0.917. The van der Waals surface area contributed by atoms with Crippen molar-refractivity contribution in [3.63, 3.8) is 0 Å². The molecular weight excluding hydrogens is 220 g/mol. The third-order valence-electron chi connectivity index (χ3n) is 3.48. The quantitative estimate of drug-likeness (QED) is 0.731. The maximum atomic E-state index is 11.8. The summed E-state index contributed by atoms with van der Waals surface area (Å²) in [4.78, 5) is 11.8. The van der Waals surface area contributed by atoms with Gasteiger partial charge < -0.3 is 20.1 Å². The molecule has 2 heterocycles. The van der Waals surface area contributed by atoms with E-state index < -0.39 is 0 Å². The minimum atomic E-state index is -0.0347. The number of nitrogens with one attached hydrogen (secondary N) is 2. The zero-order valence-electron chi connectivity index (χ0n) is 10.5. The van der Waals surface area contributed by atoms with E-state index >= 15 is 0 Å². The van der Waals surface area contributed by atoms with Gasteiger partial charge in [-0.05, 0) is 26.2 Å². The molecule has 17 heavy (non-hydrogen) atoms. The Morgan fingerprint density at radius 1 is 1.29 bits per heavy atom. The lowest BCUT2D eigenvalue weighted by Gasteiger charge is -2.26. The molecule has 0 saturated carbocycles. The molecule has 5 nitrogen and oxygen atoms in total. The molecule has 98 valence electrons. The lowest BCUT2D eigenvalue weighted by atomic mass is 10.0. The summed E-state index contributed by atoms with van der Waals surface area (Å²) in [5.41, 5.74) is -0.0347. The lowest BCUT2D eigenvalue weighted by Crippen LogP contribution is -2.50. The van der Waals surface area contributed by atoms with Crippen molar-refractivity contribution in [1.82, 2.24) is 10.6 Å². The fourth-order valence-electron chi connectivity index (χ4n) is 2.22. The standard InChI is InChI=1S/C12H22N2O3/c1-12(4-7-17-9-12)13-8-11(15)14-10-2-5-16-6-3-10/h10,13H,2-9H2,1H3,(H,14,15). The summed E-state index contributed by atoms with van der Waals surface area (Å²) in [6, 6.07) is 0.283. The predicted octanol–water partition coefficient (Wildman–Crippen LogP) is 0.0502. The molecule has 2 N–H and O–H groups in total. The van der Waals surface area contributed by atoms with Crippen molar-refractivity contribution >= 4 is 5.91 Å². The molecule has 2 saturated heterocycles. The van der Waals surface area contributed by atoms with E-state index in [-0.39, 0.29) is 17.5 Å². The zero-order chi connectivity index (χ0) is 12.1. The van der Waals surface area contributed by atoms with Gasteiger partial charge in [-0.2, -0.15) is 0 Å². The van der Waals surface area contributed by atoms with E-state index in [9.17, 15) is 4.79 Å². The van der Waals surface area contributed by atoms with Gasteiger partial charge in [-0.3, -0.25) is 4.79 Å². The second-order valence-corrected chi connectivity index (χ2v) is 5.17. The topological polar surface area (TPSA) is 59.6 Å². The highest BCUT2D eigenvalue weighted by Gasteiger charge is 2.29. The van der Waals surface area contributed by atoms with Crippen LogP contribution in [0.4, 0.5) is 0 Å². The van der Waals surface area contributed by atoms with Crippen LogP contribution >= 0.6 is 0 Å². The van der Waals surface area contributed by atoms with E-state index in [1.165, 1.54) is 0 Å². The normalized spacial score (nSPS) is 30.4. The van der Waals surface area contributed by atoms with Gasteiger partial charge in [0, 0.05) is 31.4 Å². The van der Waals surface area contributed by atoms with Crippen molar-refractivity contribution in [2.75, 3.05) is 33.0 Å². The maximum Gasteiger partial charge on any atom is 0.234 e. The molecule has 2 rings (SSSR count). The summed E-state index contributed by atoms with van der Waals surface area (Å²) in [7, 11) is 0. The van der Waals surface area contributed by atoms with E-state index in [1.54, 1.807) is 0 Å². The Labute approximate surface area is 102 Å². The highest BCUT2D eigenvalue weighted by Crippen LogP contribution is 2.16. The largest absolute Gasteiger partial charge is 0.381 e. The van der Waals surface area contributed by atoms with Crippen LogP contribution in [0.1, 0.15) is 26.2 Å². The van der Waals surface area contributed by atoms with Crippen molar-refractivity contribution in [2.45, 2.75) is 37.8 Å². The molecule has 2 fully saturated rings. The Balaban J connectivity index is 1.66. The number of carbonyl (C=O) groups excluding carboxylic acids is 1. The van der Waals surface area contributed by atoms with Crippen molar-refractivity contribution in [2.24, 2.45) is 0 Å². The molecule has 0 spiro atoms. The van der Waals surface area contributed by atoms with Gasteiger partial charge in [0.05, 0.1) is 13.2 Å². The van der Waals surface area contributed by atoms with E-state index in [0.717, 1.165) is 39.1 Å². The number of ether oxygens (including phenoxy) is 2. The minimum absolute atomic E-state index is 0.0347. The summed E-state index contributed by atoms with van der Waals surface area (Å²) >= 11 is 0. The van der Waals surface area contributed by atoms with Crippen LogP contribution in [-0.2, 0) is 14.3 Å². The van der Waals surface area contributed by atoms with Crippen LogP contribution in [0.15, 0.2) is 0 Å². The molecule has 1 amide bonds. The maximum absolute atomic E-state index is 11.8. The van der Waals surface area contributed by atoms with Crippen molar-refractivity contribution in [3.8, 4) is 0 Å².